The van der Waals surface area contributed by atoms with Crippen molar-refractivity contribution >= 4 is 39.7 Å². The average Bonchev–Trinajstić information content (AvgIpc) is 3.07. The third kappa shape index (κ3) is 2.48. The monoisotopic (exact) mass is 351 g/mol. The van der Waals surface area contributed by atoms with Gasteiger partial charge in [0, 0.05) is 28.4 Å². The zero-order valence-electron chi connectivity index (χ0n) is 14.0. The molecule has 0 fully saturated rings. The molecule has 2 aromatic carbocycles. The van der Waals surface area contributed by atoms with Crippen LogP contribution in [0.25, 0.3) is 27.7 Å². The van der Waals surface area contributed by atoms with Crippen LogP contribution in [0.5, 0.6) is 0 Å². The van der Waals surface area contributed by atoms with E-state index in [-0.39, 0.29) is 0 Å². The molecule has 2 aromatic heterocycles. The topological polar surface area (TPSA) is 68.2 Å². The summed E-state index contributed by atoms with van der Waals surface area (Å²) in [4.78, 5) is 8.89. The Bertz CT molecular complexity index is 1080. The number of aromatic nitrogens is 3. The number of aryl methyl sites for hydroxylation is 1. The van der Waals surface area contributed by atoms with Gasteiger partial charge in [0.15, 0.2) is 0 Å². The standard InChI is InChI=1S/C19H18ClN5/c1-3-23-12-7-13(17-11(2)5-4-6-14(17)20)18-15(8-12)25-10-22-9-16(25)19(21)24-18/h4-10,23H,3H2,1-2H3,(H2,21,24). The Hall–Kier alpha value is -2.79. The fraction of sp³-hybridized carbons (Fsp3) is 0.158. The van der Waals surface area contributed by atoms with Gasteiger partial charge in [-0.05, 0) is 37.6 Å². The predicted molar refractivity (Wildman–Crippen MR) is 104 cm³/mol. The van der Waals surface area contributed by atoms with Gasteiger partial charge in [0.2, 0.25) is 0 Å². The third-order valence-electron chi connectivity index (χ3n) is 4.35. The molecule has 0 unspecified atom stereocenters. The number of benzene rings is 2. The maximum absolute atomic E-state index is 6.53. The summed E-state index contributed by atoms with van der Waals surface area (Å²) in [5, 5.41) is 4.08. The van der Waals surface area contributed by atoms with E-state index in [0.29, 0.717) is 10.8 Å². The molecule has 4 aromatic rings. The molecule has 25 heavy (non-hydrogen) atoms. The number of anilines is 2. The highest BCUT2D eigenvalue weighted by molar-refractivity contribution is 6.34. The van der Waals surface area contributed by atoms with Crippen molar-refractivity contribution in [1.82, 2.24) is 14.4 Å². The number of imidazole rings is 1. The zero-order valence-corrected chi connectivity index (χ0v) is 14.8. The van der Waals surface area contributed by atoms with Crippen molar-refractivity contribution in [3.63, 3.8) is 0 Å². The van der Waals surface area contributed by atoms with Gasteiger partial charge in [-0.3, -0.25) is 4.40 Å². The van der Waals surface area contributed by atoms with Crippen LogP contribution in [0.15, 0.2) is 42.9 Å². The molecular weight excluding hydrogens is 334 g/mol. The minimum atomic E-state index is 0.451. The molecular formula is C19H18ClN5. The molecule has 0 spiro atoms. The Labute approximate surface area is 150 Å². The van der Waals surface area contributed by atoms with Crippen LogP contribution in [-0.2, 0) is 0 Å². The molecule has 0 radical (unpaired) electrons. The second-order valence-corrected chi connectivity index (χ2v) is 6.41. The first kappa shape index (κ1) is 15.7. The first-order valence-electron chi connectivity index (χ1n) is 8.14. The molecule has 3 N–H and O–H groups in total. The quantitative estimate of drug-likeness (QED) is 0.569. The maximum Gasteiger partial charge on any atom is 0.150 e. The van der Waals surface area contributed by atoms with Crippen LogP contribution in [0.2, 0.25) is 5.02 Å². The molecule has 126 valence electrons. The molecule has 0 bridgehead atoms. The van der Waals surface area contributed by atoms with Crippen molar-refractivity contribution < 1.29 is 0 Å². The van der Waals surface area contributed by atoms with E-state index < -0.39 is 0 Å². The third-order valence-corrected chi connectivity index (χ3v) is 4.67. The second-order valence-electron chi connectivity index (χ2n) is 6.00. The normalized spacial score (nSPS) is 11.3. The number of nitrogen functional groups attached to an aromatic ring is 1. The summed E-state index contributed by atoms with van der Waals surface area (Å²) >= 11 is 6.53. The molecule has 0 saturated heterocycles. The lowest BCUT2D eigenvalue weighted by molar-refractivity contribution is 1.18. The highest BCUT2D eigenvalue weighted by Gasteiger charge is 2.16. The predicted octanol–water partition coefficient (Wildman–Crippen LogP) is 4.53. The smallest absolute Gasteiger partial charge is 0.150 e. The van der Waals surface area contributed by atoms with Crippen molar-refractivity contribution in [2.24, 2.45) is 0 Å². The van der Waals surface area contributed by atoms with Gasteiger partial charge in [0.1, 0.15) is 11.3 Å². The summed E-state index contributed by atoms with van der Waals surface area (Å²) in [7, 11) is 0. The van der Waals surface area contributed by atoms with Gasteiger partial charge in [-0.2, -0.15) is 0 Å². The molecule has 2 heterocycles. The molecule has 0 atom stereocenters. The number of nitrogens with two attached hydrogens (primary N) is 1. The summed E-state index contributed by atoms with van der Waals surface area (Å²) in [6.07, 6.45) is 3.48. The number of fused-ring (bicyclic) bond motifs is 3. The first-order chi connectivity index (χ1) is 12.1. The molecule has 0 aliphatic rings. The summed E-state index contributed by atoms with van der Waals surface area (Å²) in [5.41, 5.74) is 12.7. The van der Waals surface area contributed by atoms with Gasteiger partial charge < -0.3 is 11.1 Å². The fourth-order valence-electron chi connectivity index (χ4n) is 3.24. The molecule has 0 aliphatic heterocycles. The number of rotatable bonds is 3. The number of nitrogens with one attached hydrogen (secondary N) is 1. The Morgan fingerprint density at radius 1 is 1.24 bits per heavy atom. The van der Waals surface area contributed by atoms with Crippen molar-refractivity contribution in [1.29, 1.82) is 0 Å². The highest BCUT2D eigenvalue weighted by atomic mass is 35.5. The van der Waals surface area contributed by atoms with E-state index in [1.54, 1.807) is 12.5 Å². The van der Waals surface area contributed by atoms with Gasteiger partial charge in [0.25, 0.3) is 0 Å². The summed E-state index contributed by atoms with van der Waals surface area (Å²) in [5.74, 6) is 0.451. The minimum Gasteiger partial charge on any atom is -0.385 e. The van der Waals surface area contributed by atoms with Crippen LogP contribution in [0.3, 0.4) is 0 Å². The molecule has 6 heteroatoms. The Morgan fingerprint density at radius 2 is 2.08 bits per heavy atom. The van der Waals surface area contributed by atoms with Crippen LogP contribution in [-0.4, -0.2) is 20.9 Å². The molecule has 0 aliphatic carbocycles. The Morgan fingerprint density at radius 3 is 2.84 bits per heavy atom. The van der Waals surface area contributed by atoms with Gasteiger partial charge in [0.05, 0.1) is 23.6 Å². The van der Waals surface area contributed by atoms with E-state index in [4.69, 9.17) is 17.3 Å². The summed E-state index contributed by atoms with van der Waals surface area (Å²) < 4.78 is 1.97. The van der Waals surface area contributed by atoms with E-state index in [0.717, 1.165) is 45.5 Å². The molecule has 5 nitrogen and oxygen atoms in total. The van der Waals surface area contributed by atoms with E-state index in [1.165, 1.54) is 0 Å². The van der Waals surface area contributed by atoms with Gasteiger partial charge in [-0.25, -0.2) is 9.97 Å². The lowest BCUT2D eigenvalue weighted by Gasteiger charge is -2.15. The van der Waals surface area contributed by atoms with Crippen LogP contribution in [0.4, 0.5) is 11.5 Å². The number of hydrogen-bond acceptors (Lipinski definition) is 4. The van der Waals surface area contributed by atoms with Crippen LogP contribution in [0.1, 0.15) is 12.5 Å². The zero-order chi connectivity index (χ0) is 17.6. The average molecular weight is 352 g/mol. The second kappa shape index (κ2) is 5.93. The maximum atomic E-state index is 6.53. The van der Waals surface area contributed by atoms with E-state index in [1.807, 2.05) is 29.5 Å². The molecule has 4 rings (SSSR count). The van der Waals surface area contributed by atoms with E-state index in [2.05, 4.69) is 34.3 Å². The number of hydrogen-bond donors (Lipinski definition) is 2. The lowest BCUT2D eigenvalue weighted by Crippen LogP contribution is -2.02. The van der Waals surface area contributed by atoms with Crippen LogP contribution in [0, 0.1) is 6.92 Å². The first-order valence-corrected chi connectivity index (χ1v) is 8.52. The van der Waals surface area contributed by atoms with Crippen molar-refractivity contribution in [2.45, 2.75) is 13.8 Å². The molecule has 0 amide bonds. The fourth-order valence-corrected chi connectivity index (χ4v) is 3.57. The Kier molecular flexibility index (Phi) is 3.73. The van der Waals surface area contributed by atoms with E-state index in [9.17, 15) is 0 Å². The summed E-state index contributed by atoms with van der Waals surface area (Å²) in [6.45, 7) is 4.94. The lowest BCUT2D eigenvalue weighted by atomic mass is 9.98. The highest BCUT2D eigenvalue weighted by Crippen LogP contribution is 2.38. The minimum absolute atomic E-state index is 0.451. The number of halogens is 1. The van der Waals surface area contributed by atoms with Crippen molar-refractivity contribution in [3.8, 4) is 11.1 Å². The van der Waals surface area contributed by atoms with Crippen LogP contribution >= 0.6 is 11.6 Å². The van der Waals surface area contributed by atoms with Gasteiger partial charge in [-0.1, -0.05) is 23.7 Å². The van der Waals surface area contributed by atoms with E-state index >= 15 is 0 Å². The summed E-state index contributed by atoms with van der Waals surface area (Å²) in [6, 6.07) is 10.0. The number of nitrogens with zero attached hydrogens (tertiary/aromatic N) is 3. The van der Waals surface area contributed by atoms with Crippen LogP contribution < -0.4 is 11.1 Å². The van der Waals surface area contributed by atoms with Gasteiger partial charge >= 0.3 is 0 Å². The van der Waals surface area contributed by atoms with Crippen molar-refractivity contribution in [3.05, 3.63) is 53.4 Å². The molecule has 0 saturated carbocycles. The van der Waals surface area contributed by atoms with Crippen molar-refractivity contribution in [2.75, 3.05) is 17.6 Å². The largest absolute Gasteiger partial charge is 0.385 e. The Balaban J connectivity index is 2.17. The van der Waals surface area contributed by atoms with Gasteiger partial charge in [-0.15, -0.1) is 0 Å². The SMILES string of the molecule is CCNc1cc(-c2c(C)cccc2Cl)c2nc(N)c3cncn3c2c1.